The Labute approximate surface area is 190 Å². The molecule has 0 bridgehead atoms. The Balaban J connectivity index is 1.67. The second-order valence-electron chi connectivity index (χ2n) is 8.01. The molecule has 2 aliphatic rings. The van der Waals surface area contributed by atoms with E-state index in [1.54, 1.807) is 36.4 Å². The van der Waals surface area contributed by atoms with Crippen LogP contribution in [0, 0.1) is 11.8 Å². The number of carbonyl (C=O) groups excluding carboxylic acids is 4. The lowest BCUT2D eigenvalue weighted by atomic mass is 9.81. The average molecular weight is 455 g/mol. The number of benzene rings is 2. The molecule has 4 rings (SSSR count). The van der Waals surface area contributed by atoms with Gasteiger partial charge in [-0.05, 0) is 61.4 Å². The van der Waals surface area contributed by atoms with Gasteiger partial charge in [-0.15, -0.1) is 0 Å². The number of hydrazine groups is 1. The van der Waals surface area contributed by atoms with Crippen molar-refractivity contribution in [3.8, 4) is 5.75 Å². The third-order valence-corrected chi connectivity index (χ3v) is 6.34. The van der Waals surface area contributed by atoms with Crippen molar-refractivity contribution in [1.29, 1.82) is 0 Å². The number of hydrogen-bond acceptors (Lipinski definition) is 5. The Kier molecular flexibility index (Phi) is 6.28. The molecule has 0 radical (unpaired) electrons. The van der Waals surface area contributed by atoms with E-state index >= 15 is 0 Å². The van der Waals surface area contributed by atoms with Gasteiger partial charge in [-0.1, -0.05) is 24.4 Å². The van der Waals surface area contributed by atoms with E-state index in [-0.39, 0.29) is 5.56 Å². The van der Waals surface area contributed by atoms with Crippen molar-refractivity contribution in [1.82, 2.24) is 10.0 Å². The Bertz CT molecular complexity index is 1030. The highest BCUT2D eigenvalue weighted by molar-refractivity contribution is 6.30. The molecule has 2 fully saturated rings. The number of ether oxygens (including phenoxy) is 1. The molecule has 0 N–H and O–H groups in total. The summed E-state index contributed by atoms with van der Waals surface area (Å²) in [5.41, 5.74) is 0.573. The standard InChI is InChI=1S/C24H23ClN2O5/c1-32-18-12-8-15(9-13-18)21(28)14-26(22(29)16-6-10-17(25)11-7-16)27-23(30)19-4-2-3-5-20(19)24(27)31/h6-13,19-20H,2-5,14H2,1H3/t19-,20-/m1/s1. The molecule has 2 aromatic rings. The van der Waals surface area contributed by atoms with E-state index in [0.717, 1.165) is 22.9 Å². The van der Waals surface area contributed by atoms with Crippen molar-refractivity contribution >= 4 is 35.1 Å². The number of amides is 3. The van der Waals surface area contributed by atoms with Crippen LogP contribution in [0.4, 0.5) is 0 Å². The first kappa shape index (κ1) is 22.0. The molecular formula is C24H23ClN2O5. The minimum Gasteiger partial charge on any atom is -0.497 e. The summed E-state index contributed by atoms with van der Waals surface area (Å²) in [6, 6.07) is 12.6. The van der Waals surface area contributed by atoms with Crippen molar-refractivity contribution in [3.63, 3.8) is 0 Å². The van der Waals surface area contributed by atoms with Crippen LogP contribution in [0.3, 0.4) is 0 Å². The van der Waals surface area contributed by atoms with Crippen molar-refractivity contribution in [2.45, 2.75) is 25.7 Å². The second kappa shape index (κ2) is 9.12. The highest BCUT2D eigenvalue weighted by atomic mass is 35.5. The molecule has 1 heterocycles. The zero-order valence-electron chi connectivity index (χ0n) is 17.6. The van der Waals surface area contributed by atoms with Gasteiger partial charge in [0, 0.05) is 16.1 Å². The zero-order chi connectivity index (χ0) is 22.8. The van der Waals surface area contributed by atoms with Crippen LogP contribution in [0.15, 0.2) is 48.5 Å². The van der Waals surface area contributed by atoms with Crippen molar-refractivity contribution < 1.29 is 23.9 Å². The first-order valence-electron chi connectivity index (χ1n) is 10.5. The summed E-state index contributed by atoms with van der Waals surface area (Å²) < 4.78 is 5.12. The molecule has 2 atom stereocenters. The van der Waals surface area contributed by atoms with Crippen LogP contribution in [-0.2, 0) is 9.59 Å². The summed E-state index contributed by atoms with van der Waals surface area (Å²) in [7, 11) is 1.52. The van der Waals surface area contributed by atoms with Gasteiger partial charge in [0.2, 0.25) is 0 Å². The predicted octanol–water partition coefficient (Wildman–Crippen LogP) is 3.76. The van der Waals surface area contributed by atoms with E-state index in [4.69, 9.17) is 16.3 Å². The number of ketones is 1. The van der Waals surface area contributed by atoms with Crippen LogP contribution in [0.1, 0.15) is 46.4 Å². The molecule has 8 heteroatoms. The highest BCUT2D eigenvalue weighted by Gasteiger charge is 2.51. The maximum absolute atomic E-state index is 13.4. The molecule has 2 aromatic carbocycles. The molecule has 166 valence electrons. The average Bonchev–Trinajstić information content (AvgIpc) is 3.07. The normalized spacial score (nSPS) is 20.1. The molecule has 0 aromatic heterocycles. The zero-order valence-corrected chi connectivity index (χ0v) is 18.4. The van der Waals surface area contributed by atoms with E-state index < -0.39 is 41.9 Å². The van der Waals surface area contributed by atoms with Crippen LogP contribution >= 0.6 is 11.6 Å². The SMILES string of the molecule is COc1ccc(C(=O)CN(C(=O)c2ccc(Cl)cc2)N2C(=O)[C@@H]3CCCC[C@H]3C2=O)cc1. The lowest BCUT2D eigenvalue weighted by Gasteiger charge is -2.30. The smallest absolute Gasteiger partial charge is 0.273 e. The van der Waals surface area contributed by atoms with Gasteiger partial charge in [-0.25, -0.2) is 5.01 Å². The van der Waals surface area contributed by atoms with Gasteiger partial charge in [0.05, 0.1) is 18.9 Å². The maximum atomic E-state index is 13.4. The molecule has 0 unspecified atom stereocenters. The predicted molar refractivity (Wildman–Crippen MR) is 117 cm³/mol. The van der Waals surface area contributed by atoms with Gasteiger partial charge in [0.15, 0.2) is 5.78 Å². The summed E-state index contributed by atoms with van der Waals surface area (Å²) in [5.74, 6) is -2.12. The minimum absolute atomic E-state index is 0.229. The summed E-state index contributed by atoms with van der Waals surface area (Å²) in [5, 5.41) is 2.33. The quantitative estimate of drug-likeness (QED) is 0.490. The molecule has 1 saturated carbocycles. The minimum atomic E-state index is -0.608. The third-order valence-electron chi connectivity index (χ3n) is 6.09. The van der Waals surface area contributed by atoms with Gasteiger partial charge in [-0.2, -0.15) is 5.01 Å². The number of Topliss-reactive ketones (excluding diaryl/α,β-unsaturated/α-hetero) is 1. The second-order valence-corrected chi connectivity index (χ2v) is 8.44. The molecule has 0 spiro atoms. The summed E-state index contributed by atoms with van der Waals surface area (Å²) in [4.78, 5) is 52.7. The molecule has 1 aliphatic carbocycles. The Morgan fingerprint density at radius 2 is 1.47 bits per heavy atom. The summed E-state index contributed by atoms with van der Waals surface area (Å²) >= 11 is 5.93. The first-order valence-corrected chi connectivity index (χ1v) is 10.9. The van der Waals surface area contributed by atoms with Gasteiger partial charge in [-0.3, -0.25) is 19.2 Å². The Morgan fingerprint density at radius 1 is 0.938 bits per heavy atom. The number of carbonyl (C=O) groups is 4. The number of nitrogens with zero attached hydrogens (tertiary/aromatic N) is 2. The van der Waals surface area contributed by atoms with Crippen LogP contribution < -0.4 is 4.74 Å². The molecular weight excluding hydrogens is 432 g/mol. The molecule has 7 nitrogen and oxygen atoms in total. The number of hydrogen-bond donors (Lipinski definition) is 0. The third kappa shape index (κ3) is 4.12. The fraction of sp³-hybridized carbons (Fsp3) is 0.333. The van der Waals surface area contributed by atoms with Crippen molar-refractivity contribution in [2.24, 2.45) is 11.8 Å². The maximum Gasteiger partial charge on any atom is 0.273 e. The van der Waals surface area contributed by atoms with Crippen LogP contribution in [0.5, 0.6) is 5.75 Å². The molecule has 1 aliphatic heterocycles. The van der Waals surface area contributed by atoms with Crippen molar-refractivity contribution in [3.05, 3.63) is 64.7 Å². The fourth-order valence-corrected chi connectivity index (χ4v) is 4.49. The lowest BCUT2D eigenvalue weighted by molar-refractivity contribution is -0.154. The Hall–Kier alpha value is -3.19. The number of methoxy groups -OCH3 is 1. The summed E-state index contributed by atoms with van der Waals surface area (Å²) in [6.07, 6.45) is 2.95. The highest BCUT2D eigenvalue weighted by Crippen LogP contribution is 2.39. The Morgan fingerprint density at radius 3 is 2.00 bits per heavy atom. The van der Waals surface area contributed by atoms with Crippen LogP contribution in [-0.4, -0.2) is 47.2 Å². The number of rotatable bonds is 6. The summed E-state index contributed by atoms with van der Waals surface area (Å²) in [6.45, 7) is -0.440. The van der Waals surface area contributed by atoms with E-state index in [9.17, 15) is 19.2 Å². The molecule has 1 saturated heterocycles. The number of imide groups is 1. The molecule has 32 heavy (non-hydrogen) atoms. The van der Waals surface area contributed by atoms with E-state index in [0.29, 0.717) is 29.2 Å². The van der Waals surface area contributed by atoms with Crippen molar-refractivity contribution in [2.75, 3.05) is 13.7 Å². The largest absolute Gasteiger partial charge is 0.497 e. The van der Waals surface area contributed by atoms with Gasteiger partial charge < -0.3 is 4.74 Å². The van der Waals surface area contributed by atoms with Crippen LogP contribution in [0.25, 0.3) is 0 Å². The molecule has 3 amide bonds. The monoisotopic (exact) mass is 454 g/mol. The van der Waals surface area contributed by atoms with Gasteiger partial charge >= 0.3 is 0 Å². The number of fused-ring (bicyclic) bond motifs is 1. The van der Waals surface area contributed by atoms with E-state index in [2.05, 4.69) is 0 Å². The number of halogens is 1. The van der Waals surface area contributed by atoms with E-state index in [1.165, 1.54) is 19.2 Å². The lowest BCUT2D eigenvalue weighted by Crippen LogP contribution is -2.52. The first-order chi connectivity index (χ1) is 15.4. The fourth-order valence-electron chi connectivity index (χ4n) is 4.36. The van der Waals surface area contributed by atoms with Crippen LogP contribution in [0.2, 0.25) is 5.02 Å². The van der Waals surface area contributed by atoms with E-state index in [1.807, 2.05) is 0 Å². The van der Waals surface area contributed by atoms with Gasteiger partial charge in [0.25, 0.3) is 17.7 Å². The topological polar surface area (TPSA) is 84.0 Å². The van der Waals surface area contributed by atoms with Gasteiger partial charge in [0.1, 0.15) is 12.3 Å².